The molecule has 0 aliphatic carbocycles. The molecule has 0 unspecified atom stereocenters. The molecule has 100 valence electrons. The number of aliphatic hydroxyl groups excluding tert-OH is 1. The highest BCUT2D eigenvalue weighted by Gasteiger charge is 2.07. The Balaban J connectivity index is 2.18. The molecule has 0 aliphatic heterocycles. The Morgan fingerprint density at radius 1 is 1.37 bits per heavy atom. The van der Waals surface area contributed by atoms with E-state index < -0.39 is 0 Å². The number of anilines is 1. The molecule has 0 saturated heterocycles. The zero-order valence-corrected chi connectivity index (χ0v) is 12.8. The van der Waals surface area contributed by atoms with Crippen molar-refractivity contribution in [1.29, 1.82) is 0 Å². The van der Waals surface area contributed by atoms with E-state index in [4.69, 9.17) is 11.6 Å². The van der Waals surface area contributed by atoms with Crippen LogP contribution in [0, 0.1) is 0 Å². The third-order valence-electron chi connectivity index (χ3n) is 2.79. The van der Waals surface area contributed by atoms with Gasteiger partial charge in [-0.05, 0) is 23.8 Å². The summed E-state index contributed by atoms with van der Waals surface area (Å²) in [7, 11) is 1.96. The summed E-state index contributed by atoms with van der Waals surface area (Å²) >= 11 is 9.39. The van der Waals surface area contributed by atoms with Crippen LogP contribution in [-0.2, 0) is 13.2 Å². The lowest BCUT2D eigenvalue weighted by Gasteiger charge is -2.19. The minimum Gasteiger partial charge on any atom is -0.392 e. The molecule has 1 aromatic heterocycles. The van der Waals surface area contributed by atoms with Crippen LogP contribution in [0.5, 0.6) is 0 Å². The molecule has 1 aromatic carbocycles. The molecule has 0 bridgehead atoms. The number of benzene rings is 1. The third-order valence-corrected chi connectivity index (χ3v) is 3.62. The smallest absolute Gasteiger partial charge is 0.128 e. The predicted octanol–water partition coefficient (Wildman–Crippen LogP) is 3.63. The van der Waals surface area contributed by atoms with Gasteiger partial charge in [0.15, 0.2) is 0 Å². The molecule has 2 rings (SSSR count). The van der Waals surface area contributed by atoms with E-state index in [2.05, 4.69) is 33.0 Å². The molecule has 5 heteroatoms. The quantitative estimate of drug-likeness (QED) is 0.922. The monoisotopic (exact) mass is 340 g/mol. The fraction of sp³-hybridized carbons (Fsp3) is 0.214. The number of aliphatic hydroxyl groups is 1. The van der Waals surface area contributed by atoms with Gasteiger partial charge in [0.1, 0.15) is 5.82 Å². The Labute approximate surface area is 126 Å². The van der Waals surface area contributed by atoms with E-state index in [0.717, 1.165) is 16.8 Å². The Kier molecular flexibility index (Phi) is 4.80. The first kappa shape index (κ1) is 14.3. The van der Waals surface area contributed by atoms with E-state index in [0.29, 0.717) is 10.6 Å². The number of rotatable bonds is 4. The molecule has 19 heavy (non-hydrogen) atoms. The molecule has 0 spiro atoms. The number of pyridine rings is 1. The molecule has 0 saturated carbocycles. The van der Waals surface area contributed by atoms with Crippen LogP contribution in [0.1, 0.15) is 11.1 Å². The second kappa shape index (κ2) is 6.37. The van der Waals surface area contributed by atoms with E-state index in [-0.39, 0.29) is 6.61 Å². The topological polar surface area (TPSA) is 36.4 Å². The lowest BCUT2D eigenvalue weighted by atomic mass is 10.2. The summed E-state index contributed by atoms with van der Waals surface area (Å²) in [4.78, 5) is 6.29. The van der Waals surface area contributed by atoms with Gasteiger partial charge in [0.05, 0.1) is 11.6 Å². The molecule has 1 N–H and O–H groups in total. The fourth-order valence-electron chi connectivity index (χ4n) is 1.79. The highest BCUT2D eigenvalue weighted by Crippen LogP contribution is 2.21. The maximum atomic E-state index is 9.21. The normalized spacial score (nSPS) is 10.5. The standard InChI is InChI=1S/C14H14BrClN2O/c1-18(8-10-3-2-4-12(15)5-10)14-6-11(9-19)13(16)7-17-14/h2-7,19H,8-9H2,1H3. The van der Waals surface area contributed by atoms with Gasteiger partial charge in [-0.3, -0.25) is 0 Å². The summed E-state index contributed by atoms with van der Waals surface area (Å²) in [6, 6.07) is 9.93. The molecule has 0 fully saturated rings. The largest absolute Gasteiger partial charge is 0.392 e. The van der Waals surface area contributed by atoms with Crippen molar-refractivity contribution in [2.75, 3.05) is 11.9 Å². The van der Waals surface area contributed by atoms with Gasteiger partial charge in [-0.1, -0.05) is 39.7 Å². The van der Waals surface area contributed by atoms with Crippen molar-refractivity contribution >= 4 is 33.3 Å². The summed E-state index contributed by atoms with van der Waals surface area (Å²) < 4.78 is 1.05. The van der Waals surface area contributed by atoms with Crippen LogP contribution in [0.3, 0.4) is 0 Å². The molecule has 1 heterocycles. The highest BCUT2D eigenvalue weighted by atomic mass is 79.9. The van der Waals surface area contributed by atoms with Crippen molar-refractivity contribution in [1.82, 2.24) is 4.98 Å². The van der Waals surface area contributed by atoms with Crippen molar-refractivity contribution in [2.45, 2.75) is 13.2 Å². The van der Waals surface area contributed by atoms with Gasteiger partial charge < -0.3 is 10.0 Å². The van der Waals surface area contributed by atoms with Crippen LogP contribution < -0.4 is 4.90 Å². The first-order chi connectivity index (χ1) is 9.10. The van der Waals surface area contributed by atoms with E-state index >= 15 is 0 Å². The lowest BCUT2D eigenvalue weighted by molar-refractivity contribution is 0.282. The van der Waals surface area contributed by atoms with E-state index in [1.807, 2.05) is 24.1 Å². The van der Waals surface area contributed by atoms with Crippen LogP contribution in [-0.4, -0.2) is 17.1 Å². The average molecular weight is 342 g/mol. The van der Waals surface area contributed by atoms with Crippen LogP contribution in [0.25, 0.3) is 0 Å². The van der Waals surface area contributed by atoms with Crippen molar-refractivity contribution < 1.29 is 5.11 Å². The van der Waals surface area contributed by atoms with Crippen LogP contribution >= 0.6 is 27.5 Å². The summed E-state index contributed by atoms with van der Waals surface area (Å²) in [6.45, 7) is 0.651. The van der Waals surface area contributed by atoms with Gasteiger partial charge >= 0.3 is 0 Å². The number of halogens is 2. The zero-order chi connectivity index (χ0) is 13.8. The van der Waals surface area contributed by atoms with Gasteiger partial charge in [0.25, 0.3) is 0 Å². The Bertz CT molecular complexity index is 577. The third kappa shape index (κ3) is 3.69. The molecule has 0 radical (unpaired) electrons. The molecular formula is C14H14BrClN2O. The fourth-order valence-corrected chi connectivity index (χ4v) is 2.40. The minimum absolute atomic E-state index is 0.0842. The van der Waals surface area contributed by atoms with Crippen LogP contribution in [0.2, 0.25) is 5.02 Å². The first-order valence-corrected chi connectivity index (χ1v) is 6.98. The highest BCUT2D eigenvalue weighted by molar-refractivity contribution is 9.10. The summed E-state index contributed by atoms with van der Waals surface area (Å²) in [5.74, 6) is 0.786. The SMILES string of the molecule is CN(Cc1cccc(Br)c1)c1cc(CO)c(Cl)cn1. The number of aromatic nitrogens is 1. The van der Waals surface area contributed by atoms with Gasteiger partial charge in [-0.15, -0.1) is 0 Å². The zero-order valence-electron chi connectivity index (χ0n) is 10.5. The van der Waals surface area contributed by atoms with E-state index in [1.165, 1.54) is 5.56 Å². The van der Waals surface area contributed by atoms with Gasteiger partial charge in [0.2, 0.25) is 0 Å². The maximum Gasteiger partial charge on any atom is 0.128 e. The minimum atomic E-state index is -0.0842. The predicted molar refractivity (Wildman–Crippen MR) is 81.4 cm³/mol. The number of hydrogen-bond acceptors (Lipinski definition) is 3. The molecular weight excluding hydrogens is 328 g/mol. The molecule has 0 amide bonds. The van der Waals surface area contributed by atoms with Crippen molar-refractivity contribution in [2.24, 2.45) is 0 Å². The first-order valence-electron chi connectivity index (χ1n) is 5.81. The Morgan fingerprint density at radius 2 is 2.16 bits per heavy atom. The second-order valence-electron chi connectivity index (χ2n) is 4.28. The maximum absolute atomic E-state index is 9.21. The number of hydrogen-bond donors (Lipinski definition) is 1. The van der Waals surface area contributed by atoms with Crippen molar-refractivity contribution in [3.63, 3.8) is 0 Å². The summed E-state index contributed by atoms with van der Waals surface area (Å²) in [5, 5.41) is 9.70. The van der Waals surface area contributed by atoms with Crippen molar-refractivity contribution in [3.8, 4) is 0 Å². The van der Waals surface area contributed by atoms with E-state index in [9.17, 15) is 5.11 Å². The van der Waals surface area contributed by atoms with Crippen LogP contribution in [0.15, 0.2) is 41.0 Å². The van der Waals surface area contributed by atoms with Crippen LogP contribution in [0.4, 0.5) is 5.82 Å². The second-order valence-corrected chi connectivity index (χ2v) is 5.60. The summed E-state index contributed by atoms with van der Waals surface area (Å²) in [6.07, 6.45) is 1.57. The van der Waals surface area contributed by atoms with Gasteiger partial charge in [-0.2, -0.15) is 0 Å². The van der Waals surface area contributed by atoms with E-state index in [1.54, 1.807) is 12.3 Å². The average Bonchev–Trinajstić information content (AvgIpc) is 2.39. The Morgan fingerprint density at radius 3 is 2.84 bits per heavy atom. The van der Waals surface area contributed by atoms with Crippen molar-refractivity contribution in [3.05, 3.63) is 57.2 Å². The van der Waals surface area contributed by atoms with Gasteiger partial charge in [-0.25, -0.2) is 4.98 Å². The molecule has 0 atom stereocenters. The molecule has 3 nitrogen and oxygen atoms in total. The lowest BCUT2D eigenvalue weighted by Crippen LogP contribution is -2.17. The number of nitrogens with zero attached hydrogens (tertiary/aromatic N) is 2. The molecule has 2 aromatic rings. The molecule has 0 aliphatic rings. The Hall–Kier alpha value is -1.10. The summed E-state index contributed by atoms with van der Waals surface area (Å²) in [5.41, 5.74) is 1.87. The van der Waals surface area contributed by atoms with Gasteiger partial charge in [0, 0.05) is 29.8 Å².